The van der Waals surface area contributed by atoms with E-state index in [4.69, 9.17) is 16.2 Å². The van der Waals surface area contributed by atoms with Crippen molar-refractivity contribution in [3.8, 4) is 11.4 Å². The second-order valence-electron chi connectivity index (χ2n) is 6.56. The summed E-state index contributed by atoms with van der Waals surface area (Å²) in [4.78, 5) is 16.1. The Kier molecular flexibility index (Phi) is 4.94. The van der Waals surface area contributed by atoms with Gasteiger partial charge in [0.05, 0.1) is 11.2 Å². The normalized spacial score (nSPS) is 12.1. The number of fused-ring (bicyclic) bond motifs is 1. The lowest BCUT2D eigenvalue weighted by Gasteiger charge is -2.20. The first-order chi connectivity index (χ1) is 13.9. The van der Waals surface area contributed by atoms with Gasteiger partial charge in [-0.3, -0.25) is 4.79 Å². The van der Waals surface area contributed by atoms with Crippen LogP contribution >= 0.6 is 15.9 Å². The number of nitrogens with two attached hydrogens (primary N) is 2. The summed E-state index contributed by atoms with van der Waals surface area (Å²) in [5.41, 5.74) is 14.3. The topological polar surface area (TPSA) is 109 Å². The molecule has 2 aromatic carbocycles. The Morgan fingerprint density at radius 1 is 1.21 bits per heavy atom. The number of anilines is 1. The van der Waals surface area contributed by atoms with Gasteiger partial charge in [-0.15, -0.1) is 0 Å². The molecule has 0 saturated heterocycles. The van der Waals surface area contributed by atoms with E-state index < -0.39 is 12.0 Å². The summed E-state index contributed by atoms with van der Waals surface area (Å²) in [6.07, 6.45) is 3.06. The summed E-state index contributed by atoms with van der Waals surface area (Å²) in [6.45, 7) is 1.87. The summed E-state index contributed by atoms with van der Waals surface area (Å²) in [6, 6.07) is 14.6. The third kappa shape index (κ3) is 3.79. The van der Waals surface area contributed by atoms with E-state index in [1.807, 2.05) is 43.5 Å². The van der Waals surface area contributed by atoms with Gasteiger partial charge in [0.25, 0.3) is 0 Å². The van der Waals surface area contributed by atoms with Crippen LogP contribution in [0.5, 0.6) is 5.75 Å². The van der Waals surface area contributed by atoms with Crippen LogP contribution in [0.4, 0.5) is 5.82 Å². The molecule has 146 valence electrons. The maximum absolute atomic E-state index is 11.7. The molecule has 0 bridgehead atoms. The van der Waals surface area contributed by atoms with Crippen molar-refractivity contribution >= 4 is 38.6 Å². The maximum atomic E-state index is 11.7. The smallest absolute Gasteiger partial charge is 0.248 e. The Morgan fingerprint density at radius 3 is 2.76 bits per heavy atom. The lowest BCUT2D eigenvalue weighted by molar-refractivity contribution is 0.1000. The maximum Gasteiger partial charge on any atom is 0.248 e. The number of benzene rings is 2. The molecule has 0 unspecified atom stereocenters. The Labute approximate surface area is 175 Å². The summed E-state index contributed by atoms with van der Waals surface area (Å²) < 4.78 is 8.80. The van der Waals surface area contributed by atoms with E-state index in [0.717, 1.165) is 26.6 Å². The monoisotopic (exact) mass is 451 g/mol. The highest BCUT2D eigenvalue weighted by atomic mass is 79.9. The Hall–Kier alpha value is -3.39. The van der Waals surface area contributed by atoms with E-state index in [0.29, 0.717) is 17.1 Å². The van der Waals surface area contributed by atoms with Crippen molar-refractivity contribution in [1.82, 2.24) is 14.8 Å². The van der Waals surface area contributed by atoms with Crippen molar-refractivity contribution < 1.29 is 9.53 Å². The van der Waals surface area contributed by atoms with Crippen LogP contribution in [-0.2, 0) is 0 Å². The minimum absolute atomic E-state index is 0.290. The first-order valence-electron chi connectivity index (χ1n) is 8.88. The average Bonchev–Trinajstić information content (AvgIpc) is 3.23. The molecular formula is C21H18BrN5O2. The molecule has 7 nitrogen and oxygen atoms in total. The zero-order valence-corrected chi connectivity index (χ0v) is 17.1. The molecule has 0 radical (unpaired) electrons. The van der Waals surface area contributed by atoms with E-state index in [1.165, 1.54) is 0 Å². The molecule has 4 aromatic rings. The molecule has 2 aromatic heterocycles. The van der Waals surface area contributed by atoms with Crippen LogP contribution in [0.15, 0.2) is 65.4 Å². The molecule has 4 N–H and O–H groups in total. The number of hydrogen-bond donors (Lipinski definition) is 2. The number of carbonyl (C=O) groups excluding carboxylic acids is 1. The molecule has 0 fully saturated rings. The van der Waals surface area contributed by atoms with Crippen LogP contribution < -0.4 is 16.2 Å². The number of primary amides is 1. The van der Waals surface area contributed by atoms with E-state index in [1.54, 1.807) is 29.1 Å². The number of rotatable bonds is 5. The van der Waals surface area contributed by atoms with Crippen molar-refractivity contribution in [3.63, 3.8) is 0 Å². The number of nitrogens with zero attached hydrogens (tertiary/aromatic N) is 3. The van der Waals surface area contributed by atoms with Gasteiger partial charge < -0.3 is 16.2 Å². The lowest BCUT2D eigenvalue weighted by atomic mass is 10.0. The number of carbonyl (C=O) groups is 1. The number of hydrogen-bond acceptors (Lipinski definition) is 5. The van der Waals surface area contributed by atoms with Crippen LogP contribution in [0, 0.1) is 0 Å². The molecule has 8 heteroatoms. The molecule has 1 atom stereocenters. The third-order valence-corrected chi connectivity index (χ3v) is 5.07. The van der Waals surface area contributed by atoms with E-state index in [9.17, 15) is 4.79 Å². The highest BCUT2D eigenvalue weighted by Crippen LogP contribution is 2.32. The SMILES string of the molecule is C[C@H](Oc1cc2cc(Br)ccc2nc1N)c1cc(C(N)=O)ccc1-n1cccn1. The second kappa shape index (κ2) is 7.56. The van der Waals surface area contributed by atoms with Crippen molar-refractivity contribution in [1.29, 1.82) is 0 Å². The zero-order valence-electron chi connectivity index (χ0n) is 15.5. The number of aromatic nitrogens is 3. The van der Waals surface area contributed by atoms with Gasteiger partial charge in [-0.2, -0.15) is 5.10 Å². The van der Waals surface area contributed by atoms with Gasteiger partial charge in [-0.1, -0.05) is 15.9 Å². The van der Waals surface area contributed by atoms with Crippen molar-refractivity contribution in [3.05, 3.63) is 76.5 Å². The second-order valence-corrected chi connectivity index (χ2v) is 7.47. The minimum atomic E-state index is -0.512. The first kappa shape index (κ1) is 18.9. The van der Waals surface area contributed by atoms with Gasteiger partial charge in [0, 0.05) is 33.4 Å². The molecule has 1 amide bonds. The summed E-state index contributed by atoms with van der Waals surface area (Å²) >= 11 is 3.46. The molecule has 2 heterocycles. The van der Waals surface area contributed by atoms with Crippen LogP contribution in [0.1, 0.15) is 28.9 Å². The number of nitrogen functional groups attached to an aromatic ring is 1. The van der Waals surface area contributed by atoms with Crippen LogP contribution in [0.3, 0.4) is 0 Å². The quantitative estimate of drug-likeness (QED) is 0.476. The number of halogens is 1. The van der Waals surface area contributed by atoms with Crippen molar-refractivity contribution in [2.75, 3.05) is 5.73 Å². The largest absolute Gasteiger partial charge is 0.482 e. The molecule has 0 aliphatic heterocycles. The predicted octanol–water partition coefficient (Wildman–Crippen LogP) is 4.00. The van der Waals surface area contributed by atoms with Gasteiger partial charge in [0.15, 0.2) is 11.6 Å². The molecule has 29 heavy (non-hydrogen) atoms. The zero-order chi connectivity index (χ0) is 20.5. The molecule has 0 aliphatic carbocycles. The standard InChI is InChI=1S/C21H18BrN5O2/c1-12(29-19-11-14-9-15(22)4-5-17(14)26-20(19)23)16-10-13(21(24)28)3-6-18(16)27-8-2-7-25-27/h2-12H,1H3,(H2,23,26)(H2,24,28)/t12-/m0/s1. The Balaban J connectivity index is 1.75. The molecular weight excluding hydrogens is 434 g/mol. The van der Waals surface area contributed by atoms with Gasteiger partial charge in [0.2, 0.25) is 5.91 Å². The highest BCUT2D eigenvalue weighted by molar-refractivity contribution is 9.10. The molecule has 0 aliphatic rings. The van der Waals surface area contributed by atoms with E-state index >= 15 is 0 Å². The Morgan fingerprint density at radius 2 is 2.03 bits per heavy atom. The fourth-order valence-corrected chi connectivity index (χ4v) is 3.52. The molecule has 4 rings (SSSR count). The van der Waals surface area contributed by atoms with Gasteiger partial charge in [0.1, 0.15) is 6.10 Å². The number of ether oxygens (including phenoxy) is 1. The molecule has 0 saturated carbocycles. The predicted molar refractivity (Wildman–Crippen MR) is 115 cm³/mol. The summed E-state index contributed by atoms with van der Waals surface area (Å²) in [5.74, 6) is 0.236. The summed E-state index contributed by atoms with van der Waals surface area (Å²) in [7, 11) is 0. The minimum Gasteiger partial charge on any atom is -0.482 e. The summed E-state index contributed by atoms with van der Waals surface area (Å²) in [5, 5.41) is 5.18. The van der Waals surface area contributed by atoms with E-state index in [2.05, 4.69) is 26.0 Å². The van der Waals surface area contributed by atoms with Crippen molar-refractivity contribution in [2.45, 2.75) is 13.0 Å². The van der Waals surface area contributed by atoms with Gasteiger partial charge in [-0.25, -0.2) is 9.67 Å². The van der Waals surface area contributed by atoms with Gasteiger partial charge >= 0.3 is 0 Å². The Bertz CT molecular complexity index is 1210. The highest BCUT2D eigenvalue weighted by Gasteiger charge is 2.18. The van der Waals surface area contributed by atoms with Crippen LogP contribution in [-0.4, -0.2) is 20.7 Å². The van der Waals surface area contributed by atoms with Crippen LogP contribution in [0.2, 0.25) is 0 Å². The van der Waals surface area contributed by atoms with Crippen molar-refractivity contribution in [2.24, 2.45) is 5.73 Å². The van der Waals surface area contributed by atoms with Gasteiger partial charge in [-0.05, 0) is 55.5 Å². The number of amides is 1. The fourth-order valence-electron chi connectivity index (χ4n) is 3.14. The van der Waals surface area contributed by atoms with Crippen LogP contribution in [0.25, 0.3) is 16.6 Å². The fraction of sp³-hybridized carbons (Fsp3) is 0.0952. The average molecular weight is 452 g/mol. The molecule has 0 spiro atoms. The number of pyridine rings is 1. The third-order valence-electron chi connectivity index (χ3n) is 4.57. The lowest BCUT2D eigenvalue weighted by Crippen LogP contribution is -2.15. The first-order valence-corrected chi connectivity index (χ1v) is 9.68. The van der Waals surface area contributed by atoms with E-state index in [-0.39, 0.29) is 0 Å².